The molecule has 1 atom stereocenters. The minimum atomic E-state index is 0.0913. The molecule has 1 aromatic carbocycles. The van der Waals surface area contributed by atoms with E-state index in [0.29, 0.717) is 16.0 Å². The van der Waals surface area contributed by atoms with Crippen LogP contribution in [0.15, 0.2) is 30.3 Å². The Bertz CT molecular complexity index is 971. The molecule has 1 saturated carbocycles. The summed E-state index contributed by atoms with van der Waals surface area (Å²) >= 11 is 12.0. The number of benzene rings is 1. The SMILES string of the molecule is Clc1ccc(OC2CCN(c3ccc4nnc(C5CC5)n4n3)C2)cc1Cl. The lowest BCUT2D eigenvalue weighted by molar-refractivity contribution is 0.225. The van der Waals surface area contributed by atoms with Gasteiger partial charge in [-0.1, -0.05) is 23.2 Å². The zero-order valence-electron chi connectivity index (χ0n) is 14.0. The highest BCUT2D eigenvalue weighted by Crippen LogP contribution is 2.39. The molecule has 6 nitrogen and oxygen atoms in total. The summed E-state index contributed by atoms with van der Waals surface area (Å²) in [5.41, 5.74) is 0.804. The standard InChI is InChI=1S/C18H17Cl2N5O/c19-14-4-3-12(9-15(14)20)26-13-7-8-24(10-13)17-6-5-16-21-22-18(11-1-2-11)25(16)23-17/h3-6,9,11,13H,1-2,7-8,10H2. The van der Waals surface area contributed by atoms with Gasteiger partial charge < -0.3 is 9.64 Å². The van der Waals surface area contributed by atoms with Gasteiger partial charge in [0.1, 0.15) is 17.7 Å². The number of ether oxygens (including phenoxy) is 1. The van der Waals surface area contributed by atoms with Crippen molar-refractivity contribution in [2.75, 3.05) is 18.0 Å². The molecular formula is C18H17Cl2N5O. The fraction of sp³-hybridized carbons (Fsp3) is 0.389. The lowest BCUT2D eigenvalue weighted by atomic mass is 10.3. The van der Waals surface area contributed by atoms with E-state index in [4.69, 9.17) is 33.0 Å². The van der Waals surface area contributed by atoms with Crippen molar-refractivity contribution in [2.24, 2.45) is 0 Å². The second-order valence-corrected chi connectivity index (χ2v) is 7.66. The van der Waals surface area contributed by atoms with Crippen molar-refractivity contribution in [1.29, 1.82) is 0 Å². The van der Waals surface area contributed by atoms with Crippen molar-refractivity contribution < 1.29 is 4.74 Å². The van der Waals surface area contributed by atoms with Gasteiger partial charge >= 0.3 is 0 Å². The summed E-state index contributed by atoms with van der Waals surface area (Å²) in [4.78, 5) is 2.23. The van der Waals surface area contributed by atoms with E-state index in [1.165, 1.54) is 12.8 Å². The van der Waals surface area contributed by atoms with Crippen molar-refractivity contribution in [1.82, 2.24) is 19.8 Å². The smallest absolute Gasteiger partial charge is 0.178 e. The first-order valence-corrected chi connectivity index (χ1v) is 9.52. The lowest BCUT2D eigenvalue weighted by Gasteiger charge is -2.18. The topological polar surface area (TPSA) is 55.5 Å². The number of rotatable bonds is 4. The fourth-order valence-corrected chi connectivity index (χ4v) is 3.62. The van der Waals surface area contributed by atoms with Crippen LogP contribution < -0.4 is 9.64 Å². The highest BCUT2D eigenvalue weighted by Gasteiger charge is 2.30. The van der Waals surface area contributed by atoms with Crippen LogP contribution in [0.4, 0.5) is 5.82 Å². The first-order chi connectivity index (χ1) is 12.7. The van der Waals surface area contributed by atoms with Crippen molar-refractivity contribution in [2.45, 2.75) is 31.3 Å². The minimum Gasteiger partial charge on any atom is -0.488 e. The first-order valence-electron chi connectivity index (χ1n) is 8.76. The molecule has 1 unspecified atom stereocenters. The quantitative estimate of drug-likeness (QED) is 0.675. The molecule has 1 aliphatic carbocycles. The van der Waals surface area contributed by atoms with E-state index in [1.54, 1.807) is 12.1 Å². The third-order valence-electron chi connectivity index (χ3n) is 4.88. The van der Waals surface area contributed by atoms with Gasteiger partial charge in [0.15, 0.2) is 11.5 Å². The van der Waals surface area contributed by atoms with Crippen LogP contribution in [-0.4, -0.2) is 39.0 Å². The molecule has 0 radical (unpaired) electrons. The van der Waals surface area contributed by atoms with E-state index >= 15 is 0 Å². The van der Waals surface area contributed by atoms with E-state index < -0.39 is 0 Å². The molecule has 26 heavy (non-hydrogen) atoms. The summed E-state index contributed by atoms with van der Waals surface area (Å²) in [5, 5.41) is 14.3. The molecular weight excluding hydrogens is 373 g/mol. The normalized spacial score (nSPS) is 20.1. The summed E-state index contributed by atoms with van der Waals surface area (Å²) in [6.07, 6.45) is 3.37. The lowest BCUT2D eigenvalue weighted by Crippen LogP contribution is -2.25. The molecule has 8 heteroatoms. The van der Waals surface area contributed by atoms with Gasteiger partial charge in [-0.2, -0.15) is 4.52 Å². The Kier molecular flexibility index (Phi) is 3.90. The number of fused-ring (bicyclic) bond motifs is 1. The van der Waals surface area contributed by atoms with Crippen molar-refractivity contribution in [3.63, 3.8) is 0 Å². The van der Waals surface area contributed by atoms with E-state index in [1.807, 2.05) is 22.7 Å². The summed E-state index contributed by atoms with van der Waals surface area (Å²) in [6, 6.07) is 9.35. The van der Waals surface area contributed by atoms with Gasteiger partial charge in [0.25, 0.3) is 0 Å². The summed E-state index contributed by atoms with van der Waals surface area (Å²) in [5.74, 6) is 3.16. The Balaban J connectivity index is 1.33. The number of halogens is 2. The Morgan fingerprint density at radius 3 is 2.69 bits per heavy atom. The van der Waals surface area contributed by atoms with Crippen LogP contribution in [0.2, 0.25) is 10.0 Å². The molecule has 5 rings (SSSR count). The molecule has 2 aliphatic rings. The van der Waals surface area contributed by atoms with Crippen LogP contribution in [0.25, 0.3) is 5.65 Å². The van der Waals surface area contributed by atoms with Gasteiger partial charge in [-0.15, -0.1) is 15.3 Å². The predicted octanol–water partition coefficient (Wildman–Crippen LogP) is 3.97. The number of aromatic nitrogens is 4. The molecule has 0 N–H and O–H groups in total. The fourth-order valence-electron chi connectivity index (χ4n) is 3.34. The van der Waals surface area contributed by atoms with Crippen LogP contribution in [0, 0.1) is 0 Å². The minimum absolute atomic E-state index is 0.0913. The van der Waals surface area contributed by atoms with E-state index in [-0.39, 0.29) is 6.10 Å². The van der Waals surface area contributed by atoms with E-state index in [0.717, 1.165) is 42.5 Å². The Morgan fingerprint density at radius 2 is 1.88 bits per heavy atom. The number of hydrogen-bond donors (Lipinski definition) is 0. The maximum Gasteiger partial charge on any atom is 0.178 e. The van der Waals surface area contributed by atoms with Gasteiger partial charge in [0.2, 0.25) is 0 Å². The first kappa shape index (κ1) is 16.1. The van der Waals surface area contributed by atoms with Gasteiger partial charge in [0.05, 0.1) is 16.6 Å². The third-order valence-corrected chi connectivity index (χ3v) is 5.62. The molecule has 0 amide bonds. The highest BCUT2D eigenvalue weighted by atomic mass is 35.5. The summed E-state index contributed by atoms with van der Waals surface area (Å²) in [6.45, 7) is 1.67. The predicted molar refractivity (Wildman–Crippen MR) is 100 cm³/mol. The molecule has 134 valence electrons. The average molecular weight is 390 g/mol. The molecule has 0 spiro atoms. The number of nitrogens with zero attached hydrogens (tertiary/aromatic N) is 5. The van der Waals surface area contributed by atoms with Crippen LogP contribution in [-0.2, 0) is 0 Å². The second-order valence-electron chi connectivity index (χ2n) is 6.84. The average Bonchev–Trinajstić information content (AvgIpc) is 3.23. The van der Waals surface area contributed by atoms with Crippen LogP contribution in [0.5, 0.6) is 5.75 Å². The molecule has 1 saturated heterocycles. The summed E-state index contributed by atoms with van der Waals surface area (Å²) < 4.78 is 7.95. The molecule has 0 bridgehead atoms. The maximum absolute atomic E-state index is 6.07. The third kappa shape index (κ3) is 2.97. The Morgan fingerprint density at radius 1 is 1.00 bits per heavy atom. The van der Waals surface area contributed by atoms with Crippen LogP contribution in [0.1, 0.15) is 31.0 Å². The van der Waals surface area contributed by atoms with Crippen LogP contribution >= 0.6 is 23.2 Å². The zero-order valence-corrected chi connectivity index (χ0v) is 15.5. The molecule has 2 fully saturated rings. The van der Waals surface area contributed by atoms with E-state index in [2.05, 4.69) is 15.1 Å². The number of hydrogen-bond acceptors (Lipinski definition) is 5. The van der Waals surface area contributed by atoms with Gasteiger partial charge in [-0.05, 0) is 37.1 Å². The highest BCUT2D eigenvalue weighted by molar-refractivity contribution is 6.42. The van der Waals surface area contributed by atoms with Crippen molar-refractivity contribution >= 4 is 34.7 Å². The maximum atomic E-state index is 6.07. The molecule has 1 aliphatic heterocycles. The zero-order chi connectivity index (χ0) is 17.7. The molecule has 3 aromatic rings. The van der Waals surface area contributed by atoms with Crippen molar-refractivity contribution in [3.8, 4) is 5.75 Å². The van der Waals surface area contributed by atoms with Crippen molar-refractivity contribution in [3.05, 3.63) is 46.2 Å². The van der Waals surface area contributed by atoms with Gasteiger partial charge in [0, 0.05) is 24.9 Å². The molecule has 2 aromatic heterocycles. The van der Waals surface area contributed by atoms with Gasteiger partial charge in [-0.25, -0.2) is 0 Å². The monoisotopic (exact) mass is 389 g/mol. The second kappa shape index (κ2) is 6.28. The van der Waals surface area contributed by atoms with Crippen LogP contribution in [0.3, 0.4) is 0 Å². The van der Waals surface area contributed by atoms with E-state index in [9.17, 15) is 0 Å². The Hall–Kier alpha value is -2.05. The number of anilines is 1. The summed E-state index contributed by atoms with van der Waals surface area (Å²) in [7, 11) is 0. The Labute approximate surface area is 160 Å². The largest absolute Gasteiger partial charge is 0.488 e. The van der Waals surface area contributed by atoms with Gasteiger partial charge in [-0.3, -0.25) is 0 Å². The molecule has 3 heterocycles.